The van der Waals surface area contributed by atoms with Crippen LogP contribution in [0.1, 0.15) is 10.5 Å². The maximum atomic E-state index is 10.8. The average molecular weight is 273 g/mol. The highest BCUT2D eigenvalue weighted by Gasteiger charge is 2.09. The number of amides is 1. The fourth-order valence-electron chi connectivity index (χ4n) is 1.07. The molecular weight excluding hydrogens is 267 g/mol. The molecule has 0 radical (unpaired) electrons. The first-order chi connectivity index (χ1) is 8.06. The summed E-state index contributed by atoms with van der Waals surface area (Å²) in [5, 5.41) is 9.35. The monoisotopic (exact) mass is 272 g/mol. The molecule has 9 heteroatoms. The van der Waals surface area contributed by atoms with Crippen molar-refractivity contribution in [2.45, 2.75) is 0 Å². The molecule has 0 saturated heterocycles. The molecule has 0 aliphatic rings. The van der Waals surface area contributed by atoms with Crippen LogP contribution in [0.15, 0.2) is 12.3 Å². The number of anilines is 2. The Morgan fingerprint density at radius 3 is 2.88 bits per heavy atom. The van der Waals surface area contributed by atoms with Crippen molar-refractivity contribution in [3.05, 3.63) is 28.3 Å². The second kappa shape index (κ2) is 4.56. The summed E-state index contributed by atoms with van der Waals surface area (Å²) in [6.07, 6.45) is 1.35. The Bertz CT molecular complexity index is 569. The second-order valence-corrected chi connectivity index (χ2v) is 3.74. The predicted molar refractivity (Wildman–Crippen MR) is 62.4 cm³/mol. The molecule has 2 aromatic rings. The average Bonchev–Trinajstić information content (AvgIpc) is 2.72. The van der Waals surface area contributed by atoms with Crippen LogP contribution in [0.3, 0.4) is 0 Å². The minimum Gasteiger partial charge on any atom is -0.364 e. The van der Waals surface area contributed by atoms with Gasteiger partial charge in [0.15, 0.2) is 11.6 Å². The highest BCUT2D eigenvalue weighted by molar-refractivity contribution is 6.33. The number of aromatic amines is 1. The Morgan fingerprint density at radius 1 is 1.47 bits per heavy atom. The molecule has 2 heterocycles. The number of nitrogens with two attached hydrogens (primary N) is 1. The Labute approximate surface area is 105 Å². The van der Waals surface area contributed by atoms with E-state index in [2.05, 4.69) is 25.5 Å². The number of carbonyl (C=O) groups excluding carboxylic acids is 1. The molecule has 0 aliphatic carbocycles. The second-order valence-electron chi connectivity index (χ2n) is 2.99. The van der Waals surface area contributed by atoms with Crippen LogP contribution in [0.4, 0.5) is 11.6 Å². The van der Waals surface area contributed by atoms with Crippen molar-refractivity contribution in [1.29, 1.82) is 0 Å². The van der Waals surface area contributed by atoms with Crippen LogP contribution in [-0.4, -0.2) is 26.1 Å². The van der Waals surface area contributed by atoms with Crippen LogP contribution in [-0.2, 0) is 0 Å². The van der Waals surface area contributed by atoms with E-state index in [0.717, 1.165) is 0 Å². The van der Waals surface area contributed by atoms with Crippen molar-refractivity contribution in [2.75, 3.05) is 5.32 Å². The molecule has 0 spiro atoms. The van der Waals surface area contributed by atoms with E-state index in [1.165, 1.54) is 12.3 Å². The SMILES string of the molecule is NC(=O)c1cc(Nc2nc(Cl)ncc2Cl)n[nH]1. The molecule has 88 valence electrons. The first-order valence-corrected chi connectivity index (χ1v) is 5.12. The van der Waals surface area contributed by atoms with E-state index in [0.29, 0.717) is 5.82 Å². The summed E-state index contributed by atoms with van der Waals surface area (Å²) in [5.74, 6) is 0.0158. The van der Waals surface area contributed by atoms with Gasteiger partial charge in [-0.15, -0.1) is 0 Å². The molecule has 0 saturated carbocycles. The summed E-state index contributed by atoms with van der Waals surface area (Å²) < 4.78 is 0. The van der Waals surface area contributed by atoms with E-state index in [-0.39, 0.29) is 21.8 Å². The van der Waals surface area contributed by atoms with E-state index in [1.54, 1.807) is 0 Å². The van der Waals surface area contributed by atoms with Crippen molar-refractivity contribution in [3.8, 4) is 0 Å². The van der Waals surface area contributed by atoms with Crippen LogP contribution in [0.5, 0.6) is 0 Å². The number of aromatic nitrogens is 4. The zero-order chi connectivity index (χ0) is 12.4. The number of H-pyrrole nitrogens is 1. The number of nitrogens with zero attached hydrogens (tertiary/aromatic N) is 3. The molecule has 17 heavy (non-hydrogen) atoms. The smallest absolute Gasteiger partial charge is 0.266 e. The number of hydrogen-bond acceptors (Lipinski definition) is 5. The van der Waals surface area contributed by atoms with Gasteiger partial charge in [-0.05, 0) is 11.6 Å². The Hall–Kier alpha value is -1.86. The largest absolute Gasteiger partial charge is 0.364 e. The third-order valence-electron chi connectivity index (χ3n) is 1.80. The minimum atomic E-state index is -0.614. The van der Waals surface area contributed by atoms with E-state index in [9.17, 15) is 4.79 Å². The molecule has 0 unspecified atom stereocenters. The van der Waals surface area contributed by atoms with Crippen molar-refractivity contribution < 1.29 is 4.79 Å². The summed E-state index contributed by atoms with van der Waals surface area (Å²) in [6, 6.07) is 1.43. The maximum Gasteiger partial charge on any atom is 0.266 e. The maximum absolute atomic E-state index is 10.8. The molecule has 0 bridgehead atoms. The van der Waals surface area contributed by atoms with Crippen molar-refractivity contribution in [3.63, 3.8) is 0 Å². The third-order valence-corrected chi connectivity index (χ3v) is 2.26. The number of carbonyl (C=O) groups is 1. The first-order valence-electron chi connectivity index (χ1n) is 4.36. The quantitative estimate of drug-likeness (QED) is 0.731. The molecule has 7 nitrogen and oxygen atoms in total. The Balaban J connectivity index is 2.25. The van der Waals surface area contributed by atoms with Crippen LogP contribution >= 0.6 is 23.2 Å². The Morgan fingerprint density at radius 2 is 2.24 bits per heavy atom. The lowest BCUT2D eigenvalue weighted by atomic mass is 10.4. The van der Waals surface area contributed by atoms with Crippen LogP contribution in [0.25, 0.3) is 0 Å². The van der Waals surface area contributed by atoms with Gasteiger partial charge in [0.1, 0.15) is 10.7 Å². The highest BCUT2D eigenvalue weighted by Crippen LogP contribution is 2.22. The molecular formula is C8H6Cl2N6O. The van der Waals surface area contributed by atoms with Crippen LogP contribution in [0.2, 0.25) is 10.3 Å². The van der Waals surface area contributed by atoms with Gasteiger partial charge in [0.25, 0.3) is 5.91 Å². The topological polar surface area (TPSA) is 110 Å². The molecule has 0 atom stereocenters. The number of halogens is 2. The molecule has 0 fully saturated rings. The van der Waals surface area contributed by atoms with Crippen LogP contribution < -0.4 is 11.1 Å². The van der Waals surface area contributed by atoms with Gasteiger partial charge in [-0.3, -0.25) is 9.89 Å². The number of rotatable bonds is 3. The molecule has 2 rings (SSSR count). The normalized spacial score (nSPS) is 10.2. The number of hydrogen-bond donors (Lipinski definition) is 3. The van der Waals surface area contributed by atoms with Gasteiger partial charge in [-0.2, -0.15) is 10.1 Å². The minimum absolute atomic E-state index is 0.0440. The lowest BCUT2D eigenvalue weighted by Gasteiger charge is -2.03. The fourth-order valence-corrected chi connectivity index (χ4v) is 1.34. The van der Waals surface area contributed by atoms with Crippen molar-refractivity contribution in [2.24, 2.45) is 5.73 Å². The zero-order valence-electron chi connectivity index (χ0n) is 8.24. The van der Waals surface area contributed by atoms with E-state index in [4.69, 9.17) is 28.9 Å². The predicted octanol–water partition coefficient (Wildman–Crippen LogP) is 1.35. The standard InChI is InChI=1S/C8H6Cl2N6O/c9-3-2-12-8(10)14-7(3)13-5-1-4(6(11)17)15-16-5/h1-2H,(H2,11,17)(H2,12,13,14,15,16). The van der Waals surface area contributed by atoms with Gasteiger partial charge in [0.2, 0.25) is 5.28 Å². The van der Waals surface area contributed by atoms with E-state index >= 15 is 0 Å². The molecule has 0 aliphatic heterocycles. The lowest BCUT2D eigenvalue weighted by molar-refractivity contribution is 0.0995. The van der Waals surface area contributed by atoms with E-state index in [1.807, 2.05) is 0 Å². The Kier molecular flexibility index (Phi) is 3.12. The number of nitrogens with one attached hydrogen (secondary N) is 2. The van der Waals surface area contributed by atoms with Gasteiger partial charge in [-0.1, -0.05) is 11.6 Å². The number of primary amides is 1. The van der Waals surface area contributed by atoms with Gasteiger partial charge in [0.05, 0.1) is 6.20 Å². The summed E-state index contributed by atoms with van der Waals surface area (Å²) in [6.45, 7) is 0. The van der Waals surface area contributed by atoms with Gasteiger partial charge >= 0.3 is 0 Å². The molecule has 2 aromatic heterocycles. The van der Waals surface area contributed by atoms with Crippen molar-refractivity contribution >= 4 is 40.7 Å². The molecule has 1 amide bonds. The van der Waals surface area contributed by atoms with Crippen LogP contribution in [0, 0.1) is 0 Å². The summed E-state index contributed by atoms with van der Waals surface area (Å²) >= 11 is 11.5. The summed E-state index contributed by atoms with van der Waals surface area (Å²) in [4.78, 5) is 18.4. The third kappa shape index (κ3) is 2.63. The summed E-state index contributed by atoms with van der Waals surface area (Å²) in [5.41, 5.74) is 5.23. The lowest BCUT2D eigenvalue weighted by Crippen LogP contribution is -2.10. The molecule has 4 N–H and O–H groups in total. The first kappa shape index (κ1) is 11.6. The summed E-state index contributed by atoms with van der Waals surface area (Å²) in [7, 11) is 0. The highest BCUT2D eigenvalue weighted by atomic mass is 35.5. The van der Waals surface area contributed by atoms with E-state index < -0.39 is 5.91 Å². The van der Waals surface area contributed by atoms with Gasteiger partial charge in [-0.25, -0.2) is 4.98 Å². The zero-order valence-corrected chi connectivity index (χ0v) is 9.75. The van der Waals surface area contributed by atoms with Crippen molar-refractivity contribution in [1.82, 2.24) is 20.2 Å². The van der Waals surface area contributed by atoms with Gasteiger partial charge < -0.3 is 11.1 Å². The fraction of sp³-hybridized carbons (Fsp3) is 0. The molecule has 0 aromatic carbocycles. The van der Waals surface area contributed by atoms with Gasteiger partial charge in [0, 0.05) is 6.07 Å².